The number of aromatic nitrogens is 1. The number of amides is 1. The molecule has 0 aliphatic heterocycles. The number of aliphatic hydroxyl groups excluding tert-OH is 1. The fourth-order valence-corrected chi connectivity index (χ4v) is 2.91. The fraction of sp³-hybridized carbons (Fsp3) is 0.412. The van der Waals surface area contributed by atoms with E-state index in [1.54, 1.807) is 12.5 Å². The summed E-state index contributed by atoms with van der Waals surface area (Å²) in [5.74, 6) is 0.598. The molecule has 1 aromatic carbocycles. The second-order valence-electron chi connectivity index (χ2n) is 5.40. The second-order valence-corrected chi connectivity index (χ2v) is 6.26. The van der Waals surface area contributed by atoms with E-state index in [1.807, 2.05) is 38.1 Å². The summed E-state index contributed by atoms with van der Waals surface area (Å²) in [5.41, 5.74) is 1.21. The molecule has 2 rings (SSSR count). The molecule has 2 atom stereocenters. The summed E-state index contributed by atoms with van der Waals surface area (Å²) in [7, 11) is 1.61. The van der Waals surface area contributed by atoms with Crippen LogP contribution in [0.25, 0.3) is 10.6 Å². The lowest BCUT2D eigenvalue weighted by molar-refractivity contribution is 0.0846. The van der Waals surface area contributed by atoms with Crippen molar-refractivity contribution in [1.29, 1.82) is 0 Å². The molecular weight excluding hydrogens is 312 g/mol. The minimum absolute atomic E-state index is 0.148. The van der Waals surface area contributed by atoms with Gasteiger partial charge in [-0.3, -0.25) is 4.79 Å². The number of aliphatic hydroxyl groups is 1. The SMILES string of the molecule is CCC(C)C(O)CNC(=O)c1csc(-c2ccccc2OC)n1. The molecule has 0 aliphatic carbocycles. The first-order valence-electron chi connectivity index (χ1n) is 7.62. The van der Waals surface area contributed by atoms with Crippen molar-refractivity contribution >= 4 is 17.2 Å². The lowest BCUT2D eigenvalue weighted by atomic mass is 10.0. The van der Waals surface area contributed by atoms with E-state index >= 15 is 0 Å². The number of nitrogens with one attached hydrogen (secondary N) is 1. The van der Waals surface area contributed by atoms with Crippen molar-refractivity contribution in [3.8, 4) is 16.3 Å². The quantitative estimate of drug-likeness (QED) is 0.816. The van der Waals surface area contributed by atoms with Gasteiger partial charge >= 0.3 is 0 Å². The van der Waals surface area contributed by atoms with E-state index in [9.17, 15) is 9.90 Å². The molecule has 0 spiro atoms. The Morgan fingerprint density at radius 1 is 1.43 bits per heavy atom. The molecule has 0 aliphatic rings. The fourth-order valence-electron chi connectivity index (χ4n) is 2.08. The molecule has 0 saturated carbocycles. The number of methoxy groups -OCH3 is 1. The van der Waals surface area contributed by atoms with Crippen molar-refractivity contribution in [3.05, 3.63) is 35.3 Å². The van der Waals surface area contributed by atoms with E-state index in [-0.39, 0.29) is 18.4 Å². The molecule has 6 heteroatoms. The molecule has 2 aromatic rings. The number of thiazole rings is 1. The van der Waals surface area contributed by atoms with E-state index < -0.39 is 6.10 Å². The maximum absolute atomic E-state index is 12.1. The highest BCUT2D eigenvalue weighted by Gasteiger charge is 2.17. The largest absolute Gasteiger partial charge is 0.496 e. The van der Waals surface area contributed by atoms with Crippen LogP contribution in [0.4, 0.5) is 0 Å². The summed E-state index contributed by atoms with van der Waals surface area (Å²) in [6.45, 7) is 4.20. The molecule has 124 valence electrons. The Kier molecular flexibility index (Phi) is 6.12. The van der Waals surface area contributed by atoms with Gasteiger partial charge in [-0.25, -0.2) is 4.98 Å². The Morgan fingerprint density at radius 3 is 2.87 bits per heavy atom. The lowest BCUT2D eigenvalue weighted by Gasteiger charge is -2.17. The first-order valence-corrected chi connectivity index (χ1v) is 8.50. The Hall–Kier alpha value is -1.92. The molecule has 23 heavy (non-hydrogen) atoms. The monoisotopic (exact) mass is 334 g/mol. The maximum Gasteiger partial charge on any atom is 0.270 e. The molecule has 1 amide bonds. The molecular formula is C17H22N2O3S. The van der Waals surface area contributed by atoms with Crippen molar-refractivity contribution in [2.24, 2.45) is 5.92 Å². The zero-order chi connectivity index (χ0) is 16.8. The highest BCUT2D eigenvalue weighted by molar-refractivity contribution is 7.13. The molecule has 1 aromatic heterocycles. The highest BCUT2D eigenvalue weighted by atomic mass is 32.1. The topological polar surface area (TPSA) is 71.5 Å². The smallest absolute Gasteiger partial charge is 0.270 e. The Labute approximate surface area is 140 Å². The first kappa shape index (κ1) is 17.4. The zero-order valence-corrected chi connectivity index (χ0v) is 14.4. The van der Waals surface area contributed by atoms with Crippen LogP contribution in [0.15, 0.2) is 29.6 Å². The van der Waals surface area contributed by atoms with Crippen molar-refractivity contribution in [1.82, 2.24) is 10.3 Å². The number of rotatable bonds is 7. The van der Waals surface area contributed by atoms with Gasteiger partial charge in [0, 0.05) is 11.9 Å². The molecule has 0 fully saturated rings. The summed E-state index contributed by atoms with van der Waals surface area (Å²) in [5, 5.41) is 15.1. The van der Waals surface area contributed by atoms with Gasteiger partial charge in [0.05, 0.1) is 18.8 Å². The van der Waals surface area contributed by atoms with Gasteiger partial charge in [0.25, 0.3) is 5.91 Å². The number of benzene rings is 1. The maximum atomic E-state index is 12.1. The summed E-state index contributed by atoms with van der Waals surface area (Å²) >= 11 is 1.39. The van der Waals surface area contributed by atoms with Gasteiger partial charge in [-0.1, -0.05) is 32.4 Å². The number of para-hydroxylation sites is 1. The third-order valence-electron chi connectivity index (χ3n) is 3.85. The van der Waals surface area contributed by atoms with Crippen LogP contribution in [-0.4, -0.2) is 35.8 Å². The first-order chi connectivity index (χ1) is 11.1. The molecule has 0 saturated heterocycles. The third-order valence-corrected chi connectivity index (χ3v) is 4.72. The normalized spacial score (nSPS) is 13.4. The van der Waals surface area contributed by atoms with Crippen LogP contribution in [0.3, 0.4) is 0 Å². The lowest BCUT2D eigenvalue weighted by Crippen LogP contribution is -2.35. The molecule has 1 heterocycles. The van der Waals surface area contributed by atoms with Crippen LogP contribution in [-0.2, 0) is 0 Å². The van der Waals surface area contributed by atoms with Crippen LogP contribution >= 0.6 is 11.3 Å². The number of ether oxygens (including phenoxy) is 1. The van der Waals surface area contributed by atoms with Crippen molar-refractivity contribution in [2.45, 2.75) is 26.4 Å². The minimum atomic E-state index is -0.545. The molecule has 0 bridgehead atoms. The molecule has 0 radical (unpaired) electrons. The number of hydrogen-bond acceptors (Lipinski definition) is 5. The molecule has 5 nitrogen and oxygen atoms in total. The van der Waals surface area contributed by atoms with Crippen LogP contribution < -0.4 is 10.1 Å². The average molecular weight is 334 g/mol. The number of carbonyl (C=O) groups is 1. The Bertz CT molecular complexity index is 657. The third kappa shape index (κ3) is 4.30. The van der Waals surface area contributed by atoms with Gasteiger partial charge in [0.2, 0.25) is 0 Å². The number of hydrogen-bond donors (Lipinski definition) is 2. The van der Waals surface area contributed by atoms with Crippen LogP contribution in [0.2, 0.25) is 0 Å². The second kappa shape index (κ2) is 8.08. The van der Waals surface area contributed by atoms with E-state index in [1.165, 1.54) is 11.3 Å². The van der Waals surface area contributed by atoms with Crippen LogP contribution in [0, 0.1) is 5.92 Å². The van der Waals surface area contributed by atoms with Gasteiger partial charge in [-0.15, -0.1) is 11.3 Å². The predicted octanol–water partition coefficient (Wildman–Crippen LogP) is 2.96. The highest BCUT2D eigenvalue weighted by Crippen LogP contribution is 2.31. The summed E-state index contributed by atoms with van der Waals surface area (Å²) in [4.78, 5) is 16.5. The van der Waals surface area contributed by atoms with Crippen molar-refractivity contribution < 1.29 is 14.6 Å². The van der Waals surface area contributed by atoms with Crippen molar-refractivity contribution in [2.75, 3.05) is 13.7 Å². The number of nitrogens with zero attached hydrogens (tertiary/aromatic N) is 1. The molecule has 2 unspecified atom stereocenters. The Morgan fingerprint density at radius 2 is 2.17 bits per heavy atom. The standard InChI is InChI=1S/C17H22N2O3S/c1-4-11(2)14(20)9-18-16(21)13-10-23-17(19-13)12-7-5-6-8-15(12)22-3/h5-8,10-11,14,20H,4,9H2,1-3H3,(H,18,21). The summed E-state index contributed by atoms with van der Waals surface area (Å²) in [6.07, 6.45) is 0.322. The number of carbonyl (C=O) groups excluding carboxylic acids is 1. The van der Waals surface area contributed by atoms with E-state index in [0.29, 0.717) is 5.69 Å². The average Bonchev–Trinajstić information content (AvgIpc) is 3.08. The van der Waals surface area contributed by atoms with Crippen LogP contribution in [0.5, 0.6) is 5.75 Å². The van der Waals surface area contributed by atoms with E-state index in [2.05, 4.69) is 10.3 Å². The van der Waals surface area contributed by atoms with Gasteiger partial charge in [0.15, 0.2) is 0 Å². The van der Waals surface area contributed by atoms with Gasteiger partial charge in [0.1, 0.15) is 16.5 Å². The Balaban J connectivity index is 2.05. The van der Waals surface area contributed by atoms with Gasteiger partial charge in [-0.2, -0.15) is 0 Å². The molecule has 2 N–H and O–H groups in total. The van der Waals surface area contributed by atoms with Crippen molar-refractivity contribution in [3.63, 3.8) is 0 Å². The van der Waals surface area contributed by atoms with E-state index in [0.717, 1.165) is 22.7 Å². The van der Waals surface area contributed by atoms with Crippen LogP contribution in [0.1, 0.15) is 30.8 Å². The van der Waals surface area contributed by atoms with Gasteiger partial charge < -0.3 is 15.2 Å². The predicted molar refractivity (Wildman–Crippen MR) is 91.9 cm³/mol. The zero-order valence-electron chi connectivity index (χ0n) is 13.6. The van der Waals surface area contributed by atoms with E-state index in [4.69, 9.17) is 4.74 Å². The summed E-state index contributed by atoms with van der Waals surface area (Å²) < 4.78 is 5.32. The minimum Gasteiger partial charge on any atom is -0.496 e. The van der Waals surface area contributed by atoms with Gasteiger partial charge in [-0.05, 0) is 18.1 Å². The summed E-state index contributed by atoms with van der Waals surface area (Å²) in [6, 6.07) is 7.56.